The highest BCUT2D eigenvalue weighted by Gasteiger charge is 2.22. The summed E-state index contributed by atoms with van der Waals surface area (Å²) in [7, 11) is 0. The summed E-state index contributed by atoms with van der Waals surface area (Å²) in [5.74, 6) is 2.74. The summed E-state index contributed by atoms with van der Waals surface area (Å²) in [4.78, 5) is 8.52. The molecule has 0 saturated heterocycles. The van der Waals surface area contributed by atoms with Crippen LogP contribution in [0.25, 0.3) is 0 Å². The van der Waals surface area contributed by atoms with Crippen LogP contribution in [-0.2, 0) is 0 Å². The fourth-order valence-electron chi connectivity index (χ4n) is 3.08. The zero-order valence-corrected chi connectivity index (χ0v) is 12.3. The van der Waals surface area contributed by atoms with Crippen LogP contribution in [0.1, 0.15) is 64.4 Å². The number of hydrogen-bond donors (Lipinski definition) is 2. The zero-order chi connectivity index (χ0) is 13.8. The SMILES string of the molecule is CCC1CCCC(Nc2ncnc(N)c2C(C)C)C1. The van der Waals surface area contributed by atoms with Gasteiger partial charge in [0.1, 0.15) is 18.0 Å². The normalized spacial score (nSPS) is 23.6. The molecule has 1 aliphatic carbocycles. The molecule has 0 amide bonds. The average Bonchev–Trinajstić information content (AvgIpc) is 2.38. The van der Waals surface area contributed by atoms with Gasteiger partial charge in [0.25, 0.3) is 0 Å². The van der Waals surface area contributed by atoms with Gasteiger partial charge >= 0.3 is 0 Å². The quantitative estimate of drug-likeness (QED) is 0.870. The van der Waals surface area contributed by atoms with Crippen molar-refractivity contribution in [3.05, 3.63) is 11.9 Å². The molecule has 106 valence electrons. The van der Waals surface area contributed by atoms with E-state index in [1.807, 2.05) is 0 Å². The maximum Gasteiger partial charge on any atom is 0.135 e. The first-order valence-corrected chi connectivity index (χ1v) is 7.48. The van der Waals surface area contributed by atoms with Gasteiger partial charge < -0.3 is 11.1 Å². The average molecular weight is 262 g/mol. The van der Waals surface area contributed by atoms with Crippen LogP contribution >= 0.6 is 0 Å². The Labute approximate surface area is 116 Å². The lowest BCUT2D eigenvalue weighted by Crippen LogP contribution is -2.28. The molecule has 2 atom stereocenters. The van der Waals surface area contributed by atoms with E-state index in [4.69, 9.17) is 5.73 Å². The number of rotatable bonds is 4. The summed E-state index contributed by atoms with van der Waals surface area (Å²) in [6.07, 6.45) is 8.01. The topological polar surface area (TPSA) is 63.8 Å². The second-order valence-corrected chi connectivity index (χ2v) is 5.96. The summed E-state index contributed by atoms with van der Waals surface area (Å²) in [5, 5.41) is 3.60. The van der Waals surface area contributed by atoms with E-state index in [0.717, 1.165) is 17.3 Å². The van der Waals surface area contributed by atoms with Gasteiger partial charge in [0.15, 0.2) is 0 Å². The number of hydrogen-bond acceptors (Lipinski definition) is 4. The molecule has 2 rings (SSSR count). The third-order valence-electron chi connectivity index (χ3n) is 4.19. The second kappa shape index (κ2) is 6.22. The first-order valence-electron chi connectivity index (χ1n) is 7.48. The van der Waals surface area contributed by atoms with Gasteiger partial charge in [-0.1, -0.05) is 40.0 Å². The third kappa shape index (κ3) is 3.37. The molecule has 2 unspecified atom stereocenters. The van der Waals surface area contributed by atoms with Gasteiger partial charge in [0, 0.05) is 11.6 Å². The van der Waals surface area contributed by atoms with E-state index in [0.29, 0.717) is 17.8 Å². The van der Waals surface area contributed by atoms with E-state index in [1.54, 1.807) is 6.33 Å². The summed E-state index contributed by atoms with van der Waals surface area (Å²) in [5.41, 5.74) is 7.05. The minimum Gasteiger partial charge on any atom is -0.383 e. The maximum atomic E-state index is 5.99. The number of nitrogens with one attached hydrogen (secondary N) is 1. The van der Waals surface area contributed by atoms with Gasteiger partial charge in [0.05, 0.1) is 0 Å². The molecule has 0 radical (unpaired) electrons. The molecular weight excluding hydrogens is 236 g/mol. The van der Waals surface area contributed by atoms with Gasteiger partial charge in [-0.3, -0.25) is 0 Å². The maximum absolute atomic E-state index is 5.99. The van der Waals surface area contributed by atoms with E-state index < -0.39 is 0 Å². The number of anilines is 2. The Morgan fingerprint density at radius 1 is 1.37 bits per heavy atom. The van der Waals surface area contributed by atoms with E-state index >= 15 is 0 Å². The van der Waals surface area contributed by atoms with Gasteiger partial charge in [-0.2, -0.15) is 0 Å². The van der Waals surface area contributed by atoms with E-state index in [1.165, 1.54) is 32.1 Å². The fraction of sp³-hybridized carbons (Fsp3) is 0.733. The Kier molecular flexibility index (Phi) is 4.61. The van der Waals surface area contributed by atoms with Crippen LogP contribution in [-0.4, -0.2) is 16.0 Å². The summed E-state index contributed by atoms with van der Waals surface area (Å²) in [6.45, 7) is 6.56. The molecule has 1 fully saturated rings. The molecule has 0 bridgehead atoms. The van der Waals surface area contributed by atoms with Crippen molar-refractivity contribution in [2.45, 2.75) is 64.8 Å². The van der Waals surface area contributed by atoms with Crippen molar-refractivity contribution < 1.29 is 0 Å². The third-order valence-corrected chi connectivity index (χ3v) is 4.19. The van der Waals surface area contributed by atoms with E-state index in [2.05, 4.69) is 36.1 Å². The van der Waals surface area contributed by atoms with Crippen molar-refractivity contribution in [3.8, 4) is 0 Å². The molecule has 4 nitrogen and oxygen atoms in total. The molecule has 1 saturated carbocycles. The molecule has 1 aliphatic rings. The molecule has 1 aromatic rings. The minimum absolute atomic E-state index is 0.342. The number of nitrogens with zero attached hydrogens (tertiary/aromatic N) is 2. The van der Waals surface area contributed by atoms with Crippen molar-refractivity contribution in [1.82, 2.24) is 9.97 Å². The molecule has 4 heteroatoms. The van der Waals surface area contributed by atoms with Crippen LogP contribution in [0.4, 0.5) is 11.6 Å². The smallest absolute Gasteiger partial charge is 0.135 e. The number of nitrogen functional groups attached to an aromatic ring is 1. The monoisotopic (exact) mass is 262 g/mol. The van der Waals surface area contributed by atoms with Crippen LogP contribution in [0.15, 0.2) is 6.33 Å². The predicted molar refractivity (Wildman–Crippen MR) is 80.2 cm³/mol. The van der Waals surface area contributed by atoms with Crippen LogP contribution in [0.2, 0.25) is 0 Å². The van der Waals surface area contributed by atoms with Crippen LogP contribution in [0, 0.1) is 5.92 Å². The zero-order valence-electron chi connectivity index (χ0n) is 12.3. The Balaban J connectivity index is 2.12. The highest BCUT2D eigenvalue weighted by Crippen LogP contribution is 2.31. The Hall–Kier alpha value is -1.32. The van der Waals surface area contributed by atoms with Crippen molar-refractivity contribution in [2.75, 3.05) is 11.1 Å². The van der Waals surface area contributed by atoms with E-state index in [-0.39, 0.29) is 0 Å². The summed E-state index contributed by atoms with van der Waals surface area (Å²) in [6, 6.07) is 0.533. The summed E-state index contributed by atoms with van der Waals surface area (Å²) < 4.78 is 0. The summed E-state index contributed by atoms with van der Waals surface area (Å²) >= 11 is 0. The number of aromatic nitrogens is 2. The highest BCUT2D eigenvalue weighted by molar-refractivity contribution is 5.57. The van der Waals surface area contributed by atoms with E-state index in [9.17, 15) is 0 Å². The lowest BCUT2D eigenvalue weighted by molar-refractivity contribution is 0.327. The Bertz CT molecular complexity index is 417. The first-order chi connectivity index (χ1) is 9.11. The van der Waals surface area contributed by atoms with Crippen molar-refractivity contribution in [2.24, 2.45) is 5.92 Å². The van der Waals surface area contributed by atoms with Gasteiger partial charge in [-0.15, -0.1) is 0 Å². The van der Waals surface area contributed by atoms with Crippen molar-refractivity contribution in [1.29, 1.82) is 0 Å². The molecule has 3 N–H and O–H groups in total. The van der Waals surface area contributed by atoms with Crippen molar-refractivity contribution in [3.63, 3.8) is 0 Å². The van der Waals surface area contributed by atoms with Gasteiger partial charge in [-0.05, 0) is 24.7 Å². The van der Waals surface area contributed by atoms with Gasteiger partial charge in [0.2, 0.25) is 0 Å². The van der Waals surface area contributed by atoms with Crippen LogP contribution in [0.5, 0.6) is 0 Å². The second-order valence-electron chi connectivity index (χ2n) is 5.96. The fourth-order valence-corrected chi connectivity index (χ4v) is 3.08. The molecule has 1 aromatic heterocycles. The molecule has 19 heavy (non-hydrogen) atoms. The van der Waals surface area contributed by atoms with Gasteiger partial charge in [-0.25, -0.2) is 9.97 Å². The Morgan fingerprint density at radius 3 is 2.84 bits per heavy atom. The lowest BCUT2D eigenvalue weighted by Gasteiger charge is -2.30. The molecule has 0 aromatic carbocycles. The largest absolute Gasteiger partial charge is 0.383 e. The molecule has 0 aliphatic heterocycles. The van der Waals surface area contributed by atoms with Crippen molar-refractivity contribution >= 4 is 11.6 Å². The first kappa shape index (κ1) is 14.1. The lowest BCUT2D eigenvalue weighted by atomic mass is 9.84. The van der Waals surface area contributed by atoms with Crippen LogP contribution < -0.4 is 11.1 Å². The predicted octanol–water partition coefficient (Wildman–Crippen LogP) is 3.56. The molecule has 0 spiro atoms. The Morgan fingerprint density at radius 2 is 2.16 bits per heavy atom. The molecule has 1 heterocycles. The molecular formula is C15H26N4. The highest BCUT2D eigenvalue weighted by atomic mass is 15.1. The number of nitrogens with two attached hydrogens (primary N) is 1. The minimum atomic E-state index is 0.342. The standard InChI is InChI=1S/C15H26N4/c1-4-11-6-5-7-12(8-11)19-15-13(10(2)3)14(16)17-9-18-15/h9-12H,4-8H2,1-3H3,(H3,16,17,18,19). The van der Waals surface area contributed by atoms with Crippen LogP contribution in [0.3, 0.4) is 0 Å².